The fourth-order valence-electron chi connectivity index (χ4n) is 3.01. The third-order valence-electron chi connectivity index (χ3n) is 4.64. The van der Waals surface area contributed by atoms with Crippen molar-refractivity contribution in [3.8, 4) is 0 Å². The molecule has 1 heterocycles. The van der Waals surface area contributed by atoms with Gasteiger partial charge in [0, 0.05) is 15.8 Å². The molecule has 4 aromatic rings. The van der Waals surface area contributed by atoms with Crippen molar-refractivity contribution >= 4 is 73.0 Å². The third-order valence-corrected chi connectivity index (χ3v) is 8.96. The van der Waals surface area contributed by atoms with Crippen molar-refractivity contribution in [1.29, 1.82) is 0 Å². The number of hydrogen-bond donors (Lipinski definition) is 1. The quantitative estimate of drug-likeness (QED) is 0.199. The highest BCUT2D eigenvalue weighted by Gasteiger charge is 2.28. The number of nitrogens with zero attached hydrogens (tertiary/aromatic N) is 3. The minimum atomic E-state index is -4.09. The van der Waals surface area contributed by atoms with Gasteiger partial charge in [0.25, 0.3) is 10.0 Å². The normalized spacial score (nSPS) is 11.3. The van der Waals surface area contributed by atoms with Gasteiger partial charge >= 0.3 is 0 Å². The Hall–Kier alpha value is -2.63. The van der Waals surface area contributed by atoms with E-state index in [0.717, 1.165) is 9.87 Å². The second-order valence-electron chi connectivity index (χ2n) is 7.14. The average Bonchev–Trinajstić information content (AvgIpc) is 3.29. The average molecular weight is 566 g/mol. The van der Waals surface area contributed by atoms with Crippen LogP contribution in [0.4, 0.5) is 10.8 Å². The third kappa shape index (κ3) is 6.74. The summed E-state index contributed by atoms with van der Waals surface area (Å²) in [6.07, 6.45) is 0. The number of halogens is 2. The Morgan fingerprint density at radius 2 is 1.69 bits per heavy atom. The summed E-state index contributed by atoms with van der Waals surface area (Å²) in [7, 11) is -4.09. The number of nitrogens with one attached hydrogen (secondary N) is 1. The van der Waals surface area contributed by atoms with Gasteiger partial charge in [0.15, 0.2) is 4.34 Å². The molecular weight excluding hydrogens is 547 g/mol. The zero-order valence-corrected chi connectivity index (χ0v) is 21.9. The Kier molecular flexibility index (Phi) is 8.30. The van der Waals surface area contributed by atoms with Crippen molar-refractivity contribution < 1.29 is 13.2 Å². The van der Waals surface area contributed by atoms with Crippen LogP contribution in [0.2, 0.25) is 10.0 Å². The summed E-state index contributed by atoms with van der Waals surface area (Å²) in [5, 5.41) is 11.7. The highest BCUT2D eigenvalue weighted by atomic mass is 35.5. The van der Waals surface area contributed by atoms with Crippen LogP contribution in [0.15, 0.2) is 88.1 Å². The summed E-state index contributed by atoms with van der Waals surface area (Å²) in [6, 6.07) is 21.9. The van der Waals surface area contributed by atoms with Crippen molar-refractivity contribution in [3.05, 3.63) is 94.5 Å². The fraction of sp³-hybridized carbons (Fsp3) is 0.0870. The lowest BCUT2D eigenvalue weighted by Gasteiger charge is -2.24. The van der Waals surface area contributed by atoms with Gasteiger partial charge in [-0.15, -0.1) is 10.2 Å². The van der Waals surface area contributed by atoms with Crippen LogP contribution >= 0.6 is 46.3 Å². The molecule has 35 heavy (non-hydrogen) atoms. The first kappa shape index (κ1) is 25.5. The first-order valence-electron chi connectivity index (χ1n) is 10.2. The first-order valence-corrected chi connectivity index (χ1v) is 14.1. The van der Waals surface area contributed by atoms with E-state index in [1.165, 1.54) is 53.4 Å². The number of thioether (sulfide) groups is 1. The second kappa shape index (κ2) is 11.4. The number of carbonyl (C=O) groups is 1. The number of aromatic nitrogens is 2. The molecular formula is C23H18Cl2N4O3S3. The minimum absolute atomic E-state index is 0.00908. The largest absolute Gasteiger partial charge is 0.299 e. The van der Waals surface area contributed by atoms with Crippen molar-refractivity contribution in [2.75, 3.05) is 16.2 Å². The van der Waals surface area contributed by atoms with E-state index in [1.807, 2.05) is 30.3 Å². The van der Waals surface area contributed by atoms with Crippen molar-refractivity contribution in [1.82, 2.24) is 10.2 Å². The van der Waals surface area contributed by atoms with Gasteiger partial charge < -0.3 is 0 Å². The Bertz CT molecular complexity index is 1420. The van der Waals surface area contributed by atoms with E-state index < -0.39 is 22.5 Å². The van der Waals surface area contributed by atoms with Gasteiger partial charge in [-0.2, -0.15) is 0 Å². The van der Waals surface area contributed by atoms with Gasteiger partial charge in [-0.3, -0.25) is 14.4 Å². The number of anilines is 2. The smallest absolute Gasteiger partial charge is 0.264 e. The van der Waals surface area contributed by atoms with Crippen LogP contribution in [0.3, 0.4) is 0 Å². The number of rotatable bonds is 9. The Morgan fingerprint density at radius 1 is 0.943 bits per heavy atom. The molecule has 180 valence electrons. The molecule has 0 bridgehead atoms. The molecule has 0 saturated heterocycles. The zero-order valence-electron chi connectivity index (χ0n) is 18.0. The van der Waals surface area contributed by atoms with Crippen LogP contribution < -0.4 is 9.62 Å². The van der Waals surface area contributed by atoms with Crippen LogP contribution in [0, 0.1) is 0 Å². The van der Waals surface area contributed by atoms with E-state index in [1.54, 1.807) is 18.2 Å². The zero-order chi connectivity index (χ0) is 24.8. The number of amides is 1. The SMILES string of the molecule is O=C(CN(c1cccc(Cl)c1)S(=O)(=O)c1ccc(Cl)cc1)Nc1nnc(SCc2ccccc2)s1. The molecule has 0 atom stereocenters. The van der Waals surface area contributed by atoms with Crippen molar-refractivity contribution in [3.63, 3.8) is 0 Å². The molecule has 1 N–H and O–H groups in total. The van der Waals surface area contributed by atoms with Crippen LogP contribution in [-0.4, -0.2) is 31.1 Å². The predicted molar refractivity (Wildman–Crippen MR) is 142 cm³/mol. The monoisotopic (exact) mass is 564 g/mol. The molecule has 1 aromatic heterocycles. The number of sulfonamides is 1. The van der Waals surface area contributed by atoms with Gasteiger partial charge in [-0.25, -0.2) is 8.42 Å². The van der Waals surface area contributed by atoms with Gasteiger partial charge in [0.2, 0.25) is 11.0 Å². The van der Waals surface area contributed by atoms with Crippen LogP contribution in [-0.2, 0) is 20.6 Å². The van der Waals surface area contributed by atoms with Crippen molar-refractivity contribution in [2.45, 2.75) is 15.0 Å². The summed E-state index contributed by atoms with van der Waals surface area (Å²) in [5.41, 5.74) is 1.39. The van der Waals surface area contributed by atoms with E-state index in [-0.39, 0.29) is 15.7 Å². The van der Waals surface area contributed by atoms with Gasteiger partial charge in [-0.1, -0.05) is 82.7 Å². The molecule has 0 aliphatic heterocycles. The highest BCUT2D eigenvalue weighted by Crippen LogP contribution is 2.29. The summed E-state index contributed by atoms with van der Waals surface area (Å²) >= 11 is 14.7. The van der Waals surface area contributed by atoms with Crippen LogP contribution in [0.25, 0.3) is 0 Å². The van der Waals surface area contributed by atoms with Crippen LogP contribution in [0.5, 0.6) is 0 Å². The Morgan fingerprint density at radius 3 is 2.40 bits per heavy atom. The molecule has 12 heteroatoms. The molecule has 0 saturated carbocycles. The van der Waals surface area contributed by atoms with E-state index >= 15 is 0 Å². The van der Waals surface area contributed by atoms with Gasteiger partial charge in [0.1, 0.15) is 6.54 Å². The van der Waals surface area contributed by atoms with E-state index in [9.17, 15) is 13.2 Å². The molecule has 7 nitrogen and oxygen atoms in total. The first-order chi connectivity index (χ1) is 16.8. The molecule has 4 rings (SSSR count). The lowest BCUT2D eigenvalue weighted by Crippen LogP contribution is -2.38. The summed E-state index contributed by atoms with van der Waals surface area (Å²) in [5.74, 6) is 0.143. The number of hydrogen-bond acceptors (Lipinski definition) is 7. The molecule has 0 spiro atoms. The second-order valence-corrected chi connectivity index (χ2v) is 12.1. The molecule has 0 radical (unpaired) electrons. The van der Waals surface area contributed by atoms with E-state index in [4.69, 9.17) is 23.2 Å². The predicted octanol–water partition coefficient (Wildman–Crippen LogP) is 5.97. The highest BCUT2D eigenvalue weighted by molar-refractivity contribution is 8.00. The molecule has 0 aliphatic carbocycles. The van der Waals surface area contributed by atoms with E-state index in [0.29, 0.717) is 20.1 Å². The van der Waals surface area contributed by atoms with Gasteiger partial charge in [0.05, 0.1) is 10.6 Å². The molecule has 0 fully saturated rings. The molecule has 0 aliphatic rings. The summed E-state index contributed by atoms with van der Waals surface area (Å²) in [4.78, 5) is 12.9. The minimum Gasteiger partial charge on any atom is -0.299 e. The maximum Gasteiger partial charge on any atom is 0.264 e. The maximum atomic E-state index is 13.4. The standard InChI is InChI=1S/C23H18Cl2N4O3S3/c24-17-9-11-20(12-10-17)35(31,32)29(19-8-4-7-18(25)13-19)14-21(30)26-22-27-28-23(34-22)33-15-16-5-2-1-3-6-16/h1-13H,14-15H2,(H,26,27,30). The fourth-order valence-corrected chi connectivity index (χ4v) is 6.45. The number of benzene rings is 3. The molecule has 1 amide bonds. The van der Waals surface area contributed by atoms with Crippen molar-refractivity contribution in [2.24, 2.45) is 0 Å². The topological polar surface area (TPSA) is 92.3 Å². The summed E-state index contributed by atoms with van der Waals surface area (Å²) < 4.78 is 28.5. The molecule has 3 aromatic carbocycles. The lowest BCUT2D eigenvalue weighted by molar-refractivity contribution is -0.114. The summed E-state index contributed by atoms with van der Waals surface area (Å²) in [6.45, 7) is -0.489. The number of carbonyl (C=O) groups excluding carboxylic acids is 1. The molecule has 0 unspecified atom stereocenters. The maximum absolute atomic E-state index is 13.4. The Balaban J connectivity index is 1.50. The van der Waals surface area contributed by atoms with Crippen LogP contribution in [0.1, 0.15) is 5.56 Å². The van der Waals surface area contributed by atoms with E-state index in [2.05, 4.69) is 15.5 Å². The Labute approximate surface area is 221 Å². The lowest BCUT2D eigenvalue weighted by atomic mass is 10.2. The van der Waals surface area contributed by atoms with Gasteiger partial charge in [-0.05, 0) is 48.0 Å².